The summed E-state index contributed by atoms with van der Waals surface area (Å²) in [7, 11) is 3.39. The largest absolute Gasteiger partial charge is 0.355 e. The molecular weight excluding hydrogens is 260 g/mol. The maximum absolute atomic E-state index is 12.6. The maximum Gasteiger partial charge on any atom is 0.246 e. The van der Waals surface area contributed by atoms with Crippen molar-refractivity contribution in [2.45, 2.75) is 18.9 Å². The number of piperazine rings is 1. The molecule has 2 saturated heterocycles. The number of hydrogen-bond donors (Lipinski definition) is 2. The first-order valence-corrected chi connectivity index (χ1v) is 6.99. The second kappa shape index (κ2) is 6.21. The molecular formula is C13H22N4O3. The molecule has 0 aliphatic carbocycles. The lowest BCUT2D eigenvalue weighted by Gasteiger charge is -2.39. The van der Waals surface area contributed by atoms with Crippen LogP contribution in [0.1, 0.15) is 12.8 Å². The van der Waals surface area contributed by atoms with Crippen LogP contribution in [0.3, 0.4) is 0 Å². The topological polar surface area (TPSA) is 81.8 Å². The summed E-state index contributed by atoms with van der Waals surface area (Å²) in [5.74, 6) is -0.296. The van der Waals surface area contributed by atoms with Crippen molar-refractivity contribution >= 4 is 17.7 Å². The SMILES string of the molecule is CN(C)C(=O)C1CNCCN1C(=O)C1CCC(=O)NC1. The minimum Gasteiger partial charge on any atom is -0.355 e. The molecule has 2 atom stereocenters. The Morgan fingerprint density at radius 1 is 1.30 bits per heavy atom. The zero-order valence-corrected chi connectivity index (χ0v) is 12.0. The Morgan fingerprint density at radius 2 is 2.05 bits per heavy atom. The number of nitrogens with one attached hydrogen (secondary N) is 2. The summed E-state index contributed by atoms with van der Waals surface area (Å²) in [4.78, 5) is 39.1. The maximum atomic E-state index is 12.6. The van der Waals surface area contributed by atoms with Gasteiger partial charge in [0, 0.05) is 46.7 Å². The molecule has 0 aromatic rings. The van der Waals surface area contributed by atoms with Crippen molar-refractivity contribution in [3.8, 4) is 0 Å². The minimum atomic E-state index is -0.441. The Bertz CT molecular complexity index is 400. The molecule has 2 aliphatic heterocycles. The van der Waals surface area contributed by atoms with Crippen molar-refractivity contribution in [2.75, 3.05) is 40.3 Å². The number of rotatable bonds is 2. The number of nitrogens with zero attached hydrogens (tertiary/aromatic N) is 2. The average molecular weight is 282 g/mol. The molecule has 112 valence electrons. The summed E-state index contributed by atoms with van der Waals surface area (Å²) >= 11 is 0. The number of hydrogen-bond acceptors (Lipinski definition) is 4. The number of piperidine rings is 1. The van der Waals surface area contributed by atoms with Gasteiger partial charge in [0.1, 0.15) is 6.04 Å². The second-order valence-corrected chi connectivity index (χ2v) is 5.52. The third kappa shape index (κ3) is 3.09. The van der Waals surface area contributed by atoms with Gasteiger partial charge in [-0.1, -0.05) is 0 Å². The molecule has 0 aromatic heterocycles. The fourth-order valence-electron chi connectivity index (χ4n) is 2.66. The van der Waals surface area contributed by atoms with Crippen molar-refractivity contribution in [1.82, 2.24) is 20.4 Å². The molecule has 2 aliphatic rings. The summed E-state index contributed by atoms with van der Waals surface area (Å²) in [6.45, 7) is 2.10. The highest BCUT2D eigenvalue weighted by Gasteiger charge is 2.37. The van der Waals surface area contributed by atoms with Crippen molar-refractivity contribution < 1.29 is 14.4 Å². The molecule has 20 heavy (non-hydrogen) atoms. The molecule has 2 heterocycles. The van der Waals surface area contributed by atoms with E-state index in [-0.39, 0.29) is 23.6 Å². The molecule has 0 bridgehead atoms. The lowest BCUT2D eigenvalue weighted by Crippen LogP contribution is -2.61. The van der Waals surface area contributed by atoms with Gasteiger partial charge >= 0.3 is 0 Å². The number of likely N-dealkylation sites (N-methyl/N-ethyl adjacent to an activating group) is 1. The van der Waals surface area contributed by atoms with Gasteiger partial charge in [-0.2, -0.15) is 0 Å². The molecule has 3 amide bonds. The van der Waals surface area contributed by atoms with E-state index < -0.39 is 6.04 Å². The molecule has 7 nitrogen and oxygen atoms in total. The van der Waals surface area contributed by atoms with Gasteiger partial charge < -0.3 is 20.4 Å². The van der Waals surface area contributed by atoms with Gasteiger partial charge in [0.25, 0.3) is 0 Å². The van der Waals surface area contributed by atoms with Gasteiger partial charge in [-0.15, -0.1) is 0 Å². The Labute approximate surface area is 118 Å². The summed E-state index contributed by atoms with van der Waals surface area (Å²) in [5, 5.41) is 5.88. The quantitative estimate of drug-likeness (QED) is 0.639. The summed E-state index contributed by atoms with van der Waals surface area (Å²) in [6.07, 6.45) is 0.951. The second-order valence-electron chi connectivity index (χ2n) is 5.52. The van der Waals surface area contributed by atoms with Gasteiger partial charge in [-0.3, -0.25) is 14.4 Å². The lowest BCUT2D eigenvalue weighted by molar-refractivity contribution is -0.149. The van der Waals surface area contributed by atoms with E-state index in [0.717, 1.165) is 0 Å². The highest BCUT2D eigenvalue weighted by Crippen LogP contribution is 2.17. The third-order valence-corrected chi connectivity index (χ3v) is 3.87. The Kier molecular flexibility index (Phi) is 4.59. The number of carbonyl (C=O) groups is 3. The normalized spacial score (nSPS) is 26.9. The summed E-state index contributed by atoms with van der Waals surface area (Å²) < 4.78 is 0. The van der Waals surface area contributed by atoms with Gasteiger partial charge in [-0.25, -0.2) is 0 Å². The minimum absolute atomic E-state index is 0.00437. The molecule has 0 aromatic carbocycles. The molecule has 2 fully saturated rings. The zero-order chi connectivity index (χ0) is 14.7. The Hall–Kier alpha value is -1.63. The van der Waals surface area contributed by atoms with Crippen LogP contribution in [0.5, 0.6) is 0 Å². The Balaban J connectivity index is 2.05. The highest BCUT2D eigenvalue weighted by molar-refractivity contribution is 5.90. The first kappa shape index (κ1) is 14.8. The van der Waals surface area contributed by atoms with Crippen LogP contribution in [-0.2, 0) is 14.4 Å². The Morgan fingerprint density at radius 3 is 2.65 bits per heavy atom. The van der Waals surface area contributed by atoms with Crippen LogP contribution in [0.25, 0.3) is 0 Å². The van der Waals surface area contributed by atoms with Gasteiger partial charge in [-0.05, 0) is 6.42 Å². The van der Waals surface area contributed by atoms with Crippen LogP contribution < -0.4 is 10.6 Å². The fraction of sp³-hybridized carbons (Fsp3) is 0.769. The molecule has 2 rings (SSSR count). The van der Waals surface area contributed by atoms with Crippen molar-refractivity contribution in [3.63, 3.8) is 0 Å². The van der Waals surface area contributed by atoms with E-state index >= 15 is 0 Å². The monoisotopic (exact) mass is 282 g/mol. The number of carbonyl (C=O) groups excluding carboxylic acids is 3. The summed E-state index contributed by atoms with van der Waals surface area (Å²) in [5.41, 5.74) is 0. The third-order valence-electron chi connectivity index (χ3n) is 3.87. The van der Waals surface area contributed by atoms with Crippen LogP contribution in [0.15, 0.2) is 0 Å². The van der Waals surface area contributed by atoms with E-state index in [1.165, 1.54) is 4.90 Å². The lowest BCUT2D eigenvalue weighted by atomic mass is 9.96. The van der Waals surface area contributed by atoms with E-state index in [1.807, 2.05) is 0 Å². The van der Waals surface area contributed by atoms with E-state index in [0.29, 0.717) is 39.0 Å². The van der Waals surface area contributed by atoms with Crippen LogP contribution >= 0.6 is 0 Å². The van der Waals surface area contributed by atoms with Gasteiger partial charge in [0.2, 0.25) is 17.7 Å². The standard InChI is InChI=1S/C13H22N4O3/c1-16(2)13(20)10-8-14-5-6-17(10)12(19)9-3-4-11(18)15-7-9/h9-10,14H,3-8H2,1-2H3,(H,15,18). The predicted octanol–water partition coefficient (Wildman–Crippen LogP) is -1.60. The van der Waals surface area contributed by atoms with Crippen LogP contribution in [0.2, 0.25) is 0 Å². The van der Waals surface area contributed by atoms with Crippen molar-refractivity contribution in [1.29, 1.82) is 0 Å². The first-order chi connectivity index (χ1) is 9.50. The van der Waals surface area contributed by atoms with Crippen molar-refractivity contribution in [3.05, 3.63) is 0 Å². The van der Waals surface area contributed by atoms with Gasteiger partial charge in [0.05, 0.1) is 5.92 Å². The smallest absolute Gasteiger partial charge is 0.246 e. The molecule has 0 spiro atoms. The van der Waals surface area contributed by atoms with E-state index in [1.54, 1.807) is 19.0 Å². The molecule has 0 radical (unpaired) electrons. The fourth-order valence-corrected chi connectivity index (χ4v) is 2.66. The van der Waals surface area contributed by atoms with Crippen molar-refractivity contribution in [2.24, 2.45) is 5.92 Å². The number of amides is 3. The predicted molar refractivity (Wildman–Crippen MR) is 72.8 cm³/mol. The summed E-state index contributed by atoms with van der Waals surface area (Å²) in [6, 6.07) is -0.441. The average Bonchev–Trinajstić information content (AvgIpc) is 2.46. The molecule has 2 unspecified atom stereocenters. The molecule has 0 saturated carbocycles. The van der Waals surface area contributed by atoms with Gasteiger partial charge in [0.15, 0.2) is 0 Å². The van der Waals surface area contributed by atoms with Crippen LogP contribution in [0, 0.1) is 5.92 Å². The van der Waals surface area contributed by atoms with E-state index in [2.05, 4.69) is 10.6 Å². The van der Waals surface area contributed by atoms with E-state index in [4.69, 9.17) is 0 Å². The molecule has 2 N–H and O–H groups in total. The van der Waals surface area contributed by atoms with Crippen LogP contribution in [-0.4, -0.2) is 73.8 Å². The molecule has 7 heteroatoms. The zero-order valence-electron chi connectivity index (χ0n) is 12.0. The highest BCUT2D eigenvalue weighted by atomic mass is 16.2. The van der Waals surface area contributed by atoms with Crippen LogP contribution in [0.4, 0.5) is 0 Å². The van der Waals surface area contributed by atoms with E-state index in [9.17, 15) is 14.4 Å². The first-order valence-electron chi connectivity index (χ1n) is 6.99.